The van der Waals surface area contributed by atoms with Crippen LogP contribution in [0, 0.1) is 10.1 Å². The third-order valence-corrected chi connectivity index (χ3v) is 2.26. The number of aliphatic hydroxyl groups is 1. The lowest BCUT2D eigenvalue weighted by Crippen LogP contribution is -2.27. The van der Waals surface area contributed by atoms with Crippen molar-refractivity contribution in [1.82, 2.24) is 0 Å². The first-order valence-corrected chi connectivity index (χ1v) is 4.86. The van der Waals surface area contributed by atoms with E-state index in [1.165, 1.54) is 12.1 Å². The molecule has 0 amide bonds. The third-order valence-electron chi connectivity index (χ3n) is 2.26. The lowest BCUT2D eigenvalue weighted by molar-refractivity contribution is -0.656. The Labute approximate surface area is 96.0 Å². The molecule has 0 saturated carbocycles. The van der Waals surface area contributed by atoms with E-state index in [4.69, 9.17) is 10.8 Å². The number of hydrogen-bond donors (Lipinski definition) is 2. The number of halogens is 2. The number of hydrogen-bond acceptors (Lipinski definition) is 4. The first-order valence-electron chi connectivity index (χ1n) is 4.86. The SMILES string of the molecule is NC(CO)Cc1ccc(C(F)(F)[N+](=O)[O-])cc1. The summed E-state index contributed by atoms with van der Waals surface area (Å²) < 4.78 is 26.0. The van der Waals surface area contributed by atoms with Crippen LogP contribution in [0.15, 0.2) is 24.3 Å². The summed E-state index contributed by atoms with van der Waals surface area (Å²) in [5.74, 6) is 0. The van der Waals surface area contributed by atoms with E-state index in [9.17, 15) is 18.9 Å². The molecule has 0 saturated heterocycles. The van der Waals surface area contributed by atoms with Crippen molar-refractivity contribution in [3.05, 3.63) is 45.5 Å². The molecule has 0 fully saturated rings. The second kappa shape index (κ2) is 5.15. The van der Waals surface area contributed by atoms with Gasteiger partial charge in [0.1, 0.15) is 10.5 Å². The van der Waals surface area contributed by atoms with Gasteiger partial charge in [0.05, 0.1) is 6.61 Å². The molecule has 17 heavy (non-hydrogen) atoms. The number of nitro groups is 1. The predicted molar refractivity (Wildman–Crippen MR) is 56.1 cm³/mol. The number of benzene rings is 1. The predicted octanol–water partition coefficient (Wildman–Crippen LogP) is 0.875. The molecule has 1 aromatic carbocycles. The zero-order chi connectivity index (χ0) is 13.1. The molecule has 0 radical (unpaired) electrons. The summed E-state index contributed by atoms with van der Waals surface area (Å²) in [7, 11) is 0. The van der Waals surface area contributed by atoms with Crippen LogP contribution >= 0.6 is 0 Å². The molecule has 0 aromatic heterocycles. The Morgan fingerprint density at radius 1 is 1.41 bits per heavy atom. The Balaban J connectivity index is 2.85. The number of nitrogens with zero attached hydrogens (tertiary/aromatic N) is 1. The molecule has 1 atom stereocenters. The Hall–Kier alpha value is -1.60. The van der Waals surface area contributed by atoms with E-state index in [1.54, 1.807) is 0 Å². The maximum absolute atomic E-state index is 13.0. The lowest BCUT2D eigenvalue weighted by atomic mass is 10.0. The highest BCUT2D eigenvalue weighted by Crippen LogP contribution is 2.28. The van der Waals surface area contributed by atoms with Crippen LogP contribution in [-0.2, 0) is 12.5 Å². The molecule has 1 rings (SSSR count). The van der Waals surface area contributed by atoms with Gasteiger partial charge in [0, 0.05) is 6.04 Å². The van der Waals surface area contributed by atoms with Crippen molar-refractivity contribution in [3.8, 4) is 0 Å². The number of aliphatic hydroxyl groups excluding tert-OH is 1. The van der Waals surface area contributed by atoms with Crippen LogP contribution in [0.1, 0.15) is 11.1 Å². The van der Waals surface area contributed by atoms with Crippen molar-refractivity contribution < 1.29 is 18.8 Å². The van der Waals surface area contributed by atoms with E-state index < -0.39 is 22.6 Å². The normalized spacial score (nSPS) is 13.4. The van der Waals surface area contributed by atoms with Crippen LogP contribution < -0.4 is 5.73 Å². The van der Waals surface area contributed by atoms with Crippen LogP contribution in [0.5, 0.6) is 0 Å². The van der Waals surface area contributed by atoms with E-state index in [0.717, 1.165) is 12.1 Å². The summed E-state index contributed by atoms with van der Waals surface area (Å²) in [6, 6.07) is 0.0870. The summed E-state index contributed by atoms with van der Waals surface area (Å²) in [4.78, 5) is 8.50. The van der Waals surface area contributed by atoms with Crippen molar-refractivity contribution in [2.45, 2.75) is 18.5 Å². The molecule has 0 aliphatic heterocycles. The highest BCUT2D eigenvalue weighted by molar-refractivity contribution is 5.25. The van der Waals surface area contributed by atoms with Crippen LogP contribution in [-0.4, -0.2) is 22.7 Å². The summed E-state index contributed by atoms with van der Waals surface area (Å²) in [5.41, 5.74) is 5.43. The topological polar surface area (TPSA) is 89.4 Å². The minimum absolute atomic E-state index is 0.215. The Bertz CT molecular complexity index is 395. The highest BCUT2D eigenvalue weighted by Gasteiger charge is 2.46. The third kappa shape index (κ3) is 3.18. The van der Waals surface area contributed by atoms with E-state index in [-0.39, 0.29) is 6.61 Å². The fourth-order valence-electron chi connectivity index (χ4n) is 1.31. The Kier molecular flexibility index (Phi) is 4.08. The zero-order valence-corrected chi connectivity index (χ0v) is 8.85. The molecule has 0 aliphatic rings. The first kappa shape index (κ1) is 13.5. The second-order valence-corrected chi connectivity index (χ2v) is 3.64. The van der Waals surface area contributed by atoms with Gasteiger partial charge in [-0.15, -0.1) is 8.78 Å². The van der Waals surface area contributed by atoms with Gasteiger partial charge in [-0.05, 0) is 24.1 Å². The summed E-state index contributed by atoms with van der Waals surface area (Å²) >= 11 is 0. The summed E-state index contributed by atoms with van der Waals surface area (Å²) in [5, 5.41) is 18.9. The minimum atomic E-state index is -4.09. The van der Waals surface area contributed by atoms with E-state index in [1.807, 2.05) is 0 Å². The van der Waals surface area contributed by atoms with Gasteiger partial charge in [-0.2, -0.15) is 0 Å². The van der Waals surface area contributed by atoms with E-state index in [2.05, 4.69) is 0 Å². The van der Waals surface area contributed by atoms with Gasteiger partial charge in [0.2, 0.25) is 0 Å². The number of alkyl halides is 2. The molecule has 1 unspecified atom stereocenters. The van der Waals surface area contributed by atoms with Crippen LogP contribution in [0.2, 0.25) is 0 Å². The molecular weight excluding hydrogens is 234 g/mol. The van der Waals surface area contributed by atoms with E-state index in [0.29, 0.717) is 12.0 Å². The monoisotopic (exact) mass is 246 g/mol. The second-order valence-electron chi connectivity index (χ2n) is 3.64. The van der Waals surface area contributed by atoms with Crippen LogP contribution in [0.4, 0.5) is 8.78 Å². The quantitative estimate of drug-likeness (QED) is 0.458. The highest BCUT2D eigenvalue weighted by atomic mass is 19.3. The fourth-order valence-corrected chi connectivity index (χ4v) is 1.31. The van der Waals surface area contributed by atoms with Crippen LogP contribution in [0.25, 0.3) is 0 Å². The molecule has 7 heteroatoms. The molecule has 5 nitrogen and oxygen atoms in total. The average Bonchev–Trinajstić information content (AvgIpc) is 2.29. The fraction of sp³-hybridized carbons (Fsp3) is 0.400. The van der Waals surface area contributed by atoms with Gasteiger partial charge in [-0.1, -0.05) is 12.1 Å². The summed E-state index contributed by atoms with van der Waals surface area (Å²) in [6.07, 6.45) is 0.320. The summed E-state index contributed by atoms with van der Waals surface area (Å²) in [6.45, 7) is -0.215. The van der Waals surface area contributed by atoms with Crippen LogP contribution in [0.3, 0.4) is 0 Å². The maximum Gasteiger partial charge on any atom is 0.539 e. The van der Waals surface area contributed by atoms with Gasteiger partial charge in [-0.3, -0.25) is 10.1 Å². The molecule has 94 valence electrons. The van der Waals surface area contributed by atoms with Crippen molar-refractivity contribution in [1.29, 1.82) is 0 Å². The Morgan fingerprint density at radius 2 is 1.94 bits per heavy atom. The molecule has 3 N–H and O–H groups in total. The largest absolute Gasteiger partial charge is 0.539 e. The van der Waals surface area contributed by atoms with Gasteiger partial charge >= 0.3 is 6.05 Å². The van der Waals surface area contributed by atoms with Crippen molar-refractivity contribution in [3.63, 3.8) is 0 Å². The van der Waals surface area contributed by atoms with Gasteiger partial charge < -0.3 is 10.8 Å². The van der Waals surface area contributed by atoms with Gasteiger partial charge in [-0.25, -0.2) is 0 Å². The first-order chi connectivity index (χ1) is 7.87. The van der Waals surface area contributed by atoms with E-state index >= 15 is 0 Å². The smallest absolute Gasteiger partial charge is 0.395 e. The van der Waals surface area contributed by atoms with Crippen molar-refractivity contribution in [2.24, 2.45) is 5.73 Å². The minimum Gasteiger partial charge on any atom is -0.395 e. The molecule has 0 bridgehead atoms. The average molecular weight is 246 g/mol. The standard InChI is InChI=1S/C10H12F2N2O3/c11-10(12,14(16)17)8-3-1-7(2-4-8)5-9(13)6-15/h1-4,9,15H,5-6,13H2. The maximum atomic E-state index is 13.0. The van der Waals surface area contributed by atoms with Crippen molar-refractivity contribution in [2.75, 3.05) is 6.61 Å². The molecule has 0 heterocycles. The van der Waals surface area contributed by atoms with Crippen molar-refractivity contribution >= 4 is 0 Å². The number of nitrogens with two attached hydrogens (primary N) is 1. The Morgan fingerprint density at radius 3 is 2.35 bits per heavy atom. The molecule has 0 aliphatic carbocycles. The van der Waals surface area contributed by atoms with Gasteiger partial charge in [0.15, 0.2) is 0 Å². The lowest BCUT2D eigenvalue weighted by Gasteiger charge is -2.10. The number of rotatable bonds is 5. The molecule has 1 aromatic rings. The van der Waals surface area contributed by atoms with Gasteiger partial charge in [0.25, 0.3) is 0 Å². The zero-order valence-electron chi connectivity index (χ0n) is 8.85. The molecular formula is C10H12F2N2O3. The molecule has 0 spiro atoms.